The zero-order valence-corrected chi connectivity index (χ0v) is 11.0. The van der Waals surface area contributed by atoms with Crippen LogP contribution in [0.5, 0.6) is 0 Å². The fraction of sp³-hybridized carbons (Fsp3) is 0.455. The maximum absolute atomic E-state index is 12.0. The van der Waals surface area contributed by atoms with Crippen LogP contribution in [0.25, 0.3) is 0 Å². The zero-order valence-electron chi connectivity index (χ0n) is 9.43. The molecule has 1 saturated heterocycles. The fourth-order valence-electron chi connectivity index (χ4n) is 1.90. The Bertz CT molecular complexity index is 476. The molecule has 0 aliphatic carbocycles. The standard InChI is InChI=1S/C11H12BrNO5/c12-8-5-7(6-18-8)9(14)13-3-1-11(17,2-4-13)10(15)16/h5-6,17H,1-4H2,(H,15,16). The second kappa shape index (κ2) is 4.74. The zero-order chi connectivity index (χ0) is 13.3. The van der Waals surface area contributed by atoms with Crippen LogP contribution in [0, 0.1) is 0 Å². The van der Waals surface area contributed by atoms with E-state index in [9.17, 15) is 14.7 Å². The first kappa shape index (κ1) is 13.1. The molecule has 1 fully saturated rings. The van der Waals surface area contributed by atoms with Gasteiger partial charge in [-0.3, -0.25) is 4.79 Å². The summed E-state index contributed by atoms with van der Waals surface area (Å²) in [5, 5.41) is 18.6. The van der Waals surface area contributed by atoms with E-state index in [0.717, 1.165) is 0 Å². The van der Waals surface area contributed by atoms with E-state index in [0.29, 0.717) is 10.2 Å². The highest BCUT2D eigenvalue weighted by molar-refractivity contribution is 9.10. The van der Waals surface area contributed by atoms with Gasteiger partial charge in [-0.25, -0.2) is 4.79 Å². The van der Waals surface area contributed by atoms with E-state index >= 15 is 0 Å². The quantitative estimate of drug-likeness (QED) is 0.852. The van der Waals surface area contributed by atoms with Crippen molar-refractivity contribution in [2.24, 2.45) is 0 Å². The molecule has 1 aliphatic rings. The van der Waals surface area contributed by atoms with Crippen molar-refractivity contribution in [1.29, 1.82) is 0 Å². The molecule has 1 aliphatic heterocycles. The van der Waals surface area contributed by atoms with Crippen LogP contribution in [0.2, 0.25) is 0 Å². The third-order valence-corrected chi connectivity index (χ3v) is 3.51. The highest BCUT2D eigenvalue weighted by Gasteiger charge is 2.40. The SMILES string of the molecule is O=C(c1coc(Br)c1)N1CCC(O)(C(=O)O)CC1. The summed E-state index contributed by atoms with van der Waals surface area (Å²) in [6.45, 7) is 0.425. The number of hydrogen-bond acceptors (Lipinski definition) is 4. The summed E-state index contributed by atoms with van der Waals surface area (Å²) < 4.78 is 5.44. The van der Waals surface area contributed by atoms with Gasteiger partial charge in [-0.2, -0.15) is 0 Å². The first-order valence-electron chi connectivity index (χ1n) is 5.41. The molecule has 0 aromatic carbocycles. The predicted molar refractivity (Wildman–Crippen MR) is 64.1 cm³/mol. The van der Waals surface area contributed by atoms with Crippen LogP contribution in [-0.4, -0.2) is 45.7 Å². The number of furan rings is 1. The molecule has 2 rings (SSSR count). The molecule has 2 heterocycles. The fourth-order valence-corrected chi connectivity index (χ4v) is 2.24. The van der Waals surface area contributed by atoms with Gasteiger partial charge in [0.15, 0.2) is 10.3 Å². The van der Waals surface area contributed by atoms with Crippen molar-refractivity contribution in [2.75, 3.05) is 13.1 Å². The molecule has 18 heavy (non-hydrogen) atoms. The molecule has 0 saturated carbocycles. The highest BCUT2D eigenvalue weighted by atomic mass is 79.9. The molecule has 0 spiro atoms. The van der Waals surface area contributed by atoms with Gasteiger partial charge in [-0.05, 0) is 15.9 Å². The number of nitrogens with zero attached hydrogens (tertiary/aromatic N) is 1. The molecule has 1 aromatic rings. The number of carboxylic acid groups (broad SMARTS) is 1. The Morgan fingerprint density at radius 2 is 2.00 bits per heavy atom. The third-order valence-electron chi connectivity index (χ3n) is 3.09. The number of likely N-dealkylation sites (tertiary alicyclic amines) is 1. The van der Waals surface area contributed by atoms with Gasteiger partial charge < -0.3 is 19.5 Å². The Hall–Kier alpha value is -1.34. The largest absolute Gasteiger partial charge is 0.479 e. The first-order chi connectivity index (χ1) is 8.42. The summed E-state index contributed by atoms with van der Waals surface area (Å²) in [5.74, 6) is -1.46. The molecule has 0 atom stereocenters. The van der Waals surface area contributed by atoms with E-state index in [1.165, 1.54) is 11.2 Å². The minimum atomic E-state index is -1.71. The number of aliphatic hydroxyl groups is 1. The van der Waals surface area contributed by atoms with Gasteiger partial charge in [0.1, 0.15) is 6.26 Å². The molecule has 0 unspecified atom stereocenters. The summed E-state index contributed by atoms with van der Waals surface area (Å²) in [5.41, 5.74) is -1.31. The van der Waals surface area contributed by atoms with Crippen molar-refractivity contribution < 1.29 is 24.2 Å². The number of carboxylic acids is 1. The molecule has 1 amide bonds. The topological polar surface area (TPSA) is 91.0 Å². The summed E-state index contributed by atoms with van der Waals surface area (Å²) in [6.07, 6.45) is 1.41. The highest BCUT2D eigenvalue weighted by Crippen LogP contribution is 2.24. The van der Waals surface area contributed by atoms with Crippen LogP contribution in [0.15, 0.2) is 21.4 Å². The van der Waals surface area contributed by atoms with Crippen LogP contribution in [0.3, 0.4) is 0 Å². The smallest absolute Gasteiger partial charge is 0.335 e. The van der Waals surface area contributed by atoms with E-state index in [2.05, 4.69) is 15.9 Å². The van der Waals surface area contributed by atoms with E-state index in [-0.39, 0.29) is 31.8 Å². The van der Waals surface area contributed by atoms with E-state index in [1.807, 2.05) is 0 Å². The molecule has 7 heteroatoms. The molecule has 6 nitrogen and oxygen atoms in total. The lowest BCUT2D eigenvalue weighted by Gasteiger charge is -2.35. The lowest BCUT2D eigenvalue weighted by atomic mass is 9.91. The number of halogens is 1. The molecular formula is C11H12BrNO5. The van der Waals surface area contributed by atoms with Crippen molar-refractivity contribution in [3.8, 4) is 0 Å². The predicted octanol–water partition coefficient (Wildman–Crippen LogP) is 1.09. The van der Waals surface area contributed by atoms with Crippen LogP contribution < -0.4 is 0 Å². The molecule has 2 N–H and O–H groups in total. The van der Waals surface area contributed by atoms with Crippen molar-refractivity contribution >= 4 is 27.8 Å². The maximum Gasteiger partial charge on any atom is 0.335 e. The van der Waals surface area contributed by atoms with Gasteiger partial charge in [-0.1, -0.05) is 0 Å². The van der Waals surface area contributed by atoms with Crippen molar-refractivity contribution in [3.05, 3.63) is 22.6 Å². The van der Waals surface area contributed by atoms with Crippen LogP contribution in [0.1, 0.15) is 23.2 Å². The van der Waals surface area contributed by atoms with Gasteiger partial charge in [0, 0.05) is 32.0 Å². The van der Waals surface area contributed by atoms with Crippen molar-refractivity contribution in [2.45, 2.75) is 18.4 Å². The van der Waals surface area contributed by atoms with E-state index in [1.54, 1.807) is 6.07 Å². The molecule has 0 radical (unpaired) electrons. The number of carbonyl (C=O) groups is 2. The Balaban J connectivity index is 2.02. The van der Waals surface area contributed by atoms with Gasteiger partial charge in [0.25, 0.3) is 5.91 Å². The van der Waals surface area contributed by atoms with Gasteiger partial charge >= 0.3 is 5.97 Å². The Morgan fingerprint density at radius 1 is 1.39 bits per heavy atom. The Labute approximate surface area is 111 Å². The number of aliphatic carboxylic acids is 1. The maximum atomic E-state index is 12.0. The van der Waals surface area contributed by atoms with E-state index in [4.69, 9.17) is 9.52 Å². The van der Waals surface area contributed by atoms with E-state index < -0.39 is 11.6 Å². The third kappa shape index (κ3) is 2.41. The summed E-state index contributed by atoms with van der Waals surface area (Å²) >= 11 is 3.11. The average molecular weight is 318 g/mol. The number of rotatable bonds is 2. The minimum Gasteiger partial charge on any atom is -0.479 e. The van der Waals surface area contributed by atoms with Crippen LogP contribution in [-0.2, 0) is 4.79 Å². The normalized spacial score (nSPS) is 18.7. The monoisotopic (exact) mass is 317 g/mol. The Kier molecular flexibility index (Phi) is 3.45. The number of carbonyl (C=O) groups excluding carboxylic acids is 1. The average Bonchev–Trinajstić information content (AvgIpc) is 2.76. The van der Waals surface area contributed by atoms with Crippen LogP contribution in [0.4, 0.5) is 0 Å². The summed E-state index contributed by atoms with van der Waals surface area (Å²) in [4.78, 5) is 24.4. The summed E-state index contributed by atoms with van der Waals surface area (Å²) in [7, 11) is 0. The lowest BCUT2D eigenvalue weighted by molar-refractivity contribution is -0.162. The van der Waals surface area contributed by atoms with Crippen molar-refractivity contribution in [1.82, 2.24) is 4.90 Å². The second-order valence-electron chi connectivity index (χ2n) is 4.27. The summed E-state index contributed by atoms with van der Waals surface area (Å²) in [6, 6.07) is 1.56. The number of hydrogen-bond donors (Lipinski definition) is 2. The van der Waals surface area contributed by atoms with Crippen molar-refractivity contribution in [3.63, 3.8) is 0 Å². The molecular weight excluding hydrogens is 306 g/mol. The molecule has 0 bridgehead atoms. The lowest BCUT2D eigenvalue weighted by Crippen LogP contribution is -2.50. The minimum absolute atomic E-state index is 0.0348. The van der Waals surface area contributed by atoms with Gasteiger partial charge in [0.05, 0.1) is 5.56 Å². The second-order valence-corrected chi connectivity index (χ2v) is 5.05. The molecule has 1 aromatic heterocycles. The van der Waals surface area contributed by atoms with Gasteiger partial charge in [-0.15, -0.1) is 0 Å². The first-order valence-corrected chi connectivity index (χ1v) is 6.21. The number of amides is 1. The number of piperidine rings is 1. The van der Waals surface area contributed by atoms with Crippen LogP contribution >= 0.6 is 15.9 Å². The molecule has 98 valence electrons. The van der Waals surface area contributed by atoms with Gasteiger partial charge in [0.2, 0.25) is 0 Å². The Morgan fingerprint density at radius 3 is 2.44 bits per heavy atom.